The highest BCUT2D eigenvalue weighted by molar-refractivity contribution is 5.94. The molecule has 0 spiro atoms. The number of carboxylic acids is 1. The van der Waals surface area contributed by atoms with Crippen LogP contribution in [-0.2, 0) is 16.6 Å². The lowest BCUT2D eigenvalue weighted by Gasteiger charge is -2.23. The molecular formula is C13H17N3O3. The summed E-state index contributed by atoms with van der Waals surface area (Å²) >= 11 is 0. The van der Waals surface area contributed by atoms with E-state index in [1.54, 1.807) is 17.8 Å². The molecule has 1 heterocycles. The van der Waals surface area contributed by atoms with Gasteiger partial charge in [0, 0.05) is 18.8 Å². The predicted octanol–water partition coefficient (Wildman–Crippen LogP) is 1.33. The van der Waals surface area contributed by atoms with Crippen LogP contribution < -0.4 is 5.32 Å². The minimum atomic E-state index is -0.929. The first kappa shape index (κ1) is 13.3. The molecule has 2 atom stereocenters. The average molecular weight is 263 g/mol. The van der Waals surface area contributed by atoms with Crippen LogP contribution in [-0.4, -0.2) is 26.8 Å². The average Bonchev–Trinajstić information content (AvgIpc) is 2.68. The summed E-state index contributed by atoms with van der Waals surface area (Å²) in [6.45, 7) is 1.88. The molecule has 2 unspecified atom stereocenters. The number of anilines is 1. The Bertz CT molecular complexity index is 514. The summed E-state index contributed by atoms with van der Waals surface area (Å²) in [6, 6.07) is 1.76. The second-order valence-corrected chi connectivity index (χ2v) is 4.78. The number of hydrogen-bond acceptors (Lipinski definition) is 3. The summed E-state index contributed by atoms with van der Waals surface area (Å²) in [7, 11) is 1.79. The molecule has 0 saturated heterocycles. The third-order valence-corrected chi connectivity index (χ3v) is 3.45. The Morgan fingerprint density at radius 1 is 1.37 bits per heavy atom. The number of hydrogen-bond donors (Lipinski definition) is 2. The number of amides is 1. The first-order valence-electron chi connectivity index (χ1n) is 6.18. The lowest BCUT2D eigenvalue weighted by Crippen LogP contribution is -2.34. The highest BCUT2D eigenvalue weighted by atomic mass is 16.4. The van der Waals surface area contributed by atoms with Crippen LogP contribution in [0.5, 0.6) is 0 Å². The van der Waals surface area contributed by atoms with Gasteiger partial charge in [-0.3, -0.25) is 14.3 Å². The molecule has 2 rings (SSSR count). The van der Waals surface area contributed by atoms with Crippen molar-refractivity contribution in [2.24, 2.45) is 18.9 Å². The largest absolute Gasteiger partial charge is 0.481 e. The Morgan fingerprint density at radius 3 is 2.53 bits per heavy atom. The topological polar surface area (TPSA) is 84.2 Å². The Balaban J connectivity index is 2.10. The zero-order chi connectivity index (χ0) is 14.0. The van der Waals surface area contributed by atoms with Gasteiger partial charge < -0.3 is 10.4 Å². The fourth-order valence-corrected chi connectivity index (χ4v) is 2.22. The SMILES string of the molecule is Cc1cc(NC(=O)C2CC=CCC2C(=O)O)nn1C. The van der Waals surface area contributed by atoms with E-state index in [-0.39, 0.29) is 5.91 Å². The lowest BCUT2D eigenvalue weighted by molar-refractivity contribution is -0.146. The molecule has 0 radical (unpaired) electrons. The van der Waals surface area contributed by atoms with Gasteiger partial charge >= 0.3 is 5.97 Å². The van der Waals surface area contributed by atoms with Gasteiger partial charge in [0.2, 0.25) is 5.91 Å². The van der Waals surface area contributed by atoms with Crippen molar-refractivity contribution in [3.63, 3.8) is 0 Å². The number of allylic oxidation sites excluding steroid dienone is 2. The van der Waals surface area contributed by atoms with Crippen molar-refractivity contribution in [2.75, 3.05) is 5.32 Å². The Kier molecular flexibility index (Phi) is 3.69. The molecule has 2 N–H and O–H groups in total. The quantitative estimate of drug-likeness (QED) is 0.806. The summed E-state index contributed by atoms with van der Waals surface area (Å²) < 4.78 is 1.66. The molecule has 0 bridgehead atoms. The van der Waals surface area contributed by atoms with Crippen LogP contribution in [0.25, 0.3) is 0 Å². The molecule has 102 valence electrons. The summed E-state index contributed by atoms with van der Waals surface area (Å²) in [6.07, 6.45) is 4.52. The van der Waals surface area contributed by atoms with E-state index in [2.05, 4.69) is 10.4 Å². The van der Waals surface area contributed by atoms with Crippen molar-refractivity contribution in [1.29, 1.82) is 0 Å². The maximum absolute atomic E-state index is 12.1. The van der Waals surface area contributed by atoms with E-state index in [0.717, 1.165) is 5.69 Å². The molecule has 1 aromatic rings. The van der Waals surface area contributed by atoms with E-state index >= 15 is 0 Å². The van der Waals surface area contributed by atoms with Crippen molar-refractivity contribution in [3.05, 3.63) is 23.9 Å². The number of carboxylic acid groups (broad SMARTS) is 1. The van der Waals surface area contributed by atoms with Crippen molar-refractivity contribution in [1.82, 2.24) is 9.78 Å². The fraction of sp³-hybridized carbons (Fsp3) is 0.462. The van der Waals surface area contributed by atoms with Crippen LogP contribution in [0.3, 0.4) is 0 Å². The molecule has 6 heteroatoms. The highest BCUT2D eigenvalue weighted by Gasteiger charge is 2.34. The van der Waals surface area contributed by atoms with Gasteiger partial charge in [-0.2, -0.15) is 5.10 Å². The van der Waals surface area contributed by atoms with Gasteiger partial charge in [0.25, 0.3) is 0 Å². The van der Waals surface area contributed by atoms with Gasteiger partial charge in [-0.1, -0.05) is 12.2 Å². The molecule has 1 aliphatic rings. The Hall–Kier alpha value is -2.11. The van der Waals surface area contributed by atoms with Crippen LogP contribution in [0, 0.1) is 18.8 Å². The first-order chi connectivity index (χ1) is 8.99. The van der Waals surface area contributed by atoms with Gasteiger partial charge in [-0.15, -0.1) is 0 Å². The molecular weight excluding hydrogens is 246 g/mol. The Morgan fingerprint density at radius 2 is 2.00 bits per heavy atom. The summed E-state index contributed by atoms with van der Waals surface area (Å²) in [5.74, 6) is -1.94. The smallest absolute Gasteiger partial charge is 0.307 e. The predicted molar refractivity (Wildman–Crippen MR) is 69.6 cm³/mol. The first-order valence-corrected chi connectivity index (χ1v) is 6.18. The van der Waals surface area contributed by atoms with Gasteiger partial charge in [0.15, 0.2) is 5.82 Å². The zero-order valence-electron chi connectivity index (χ0n) is 11.0. The second-order valence-electron chi connectivity index (χ2n) is 4.78. The van der Waals surface area contributed by atoms with Gasteiger partial charge in [0.1, 0.15) is 0 Å². The monoisotopic (exact) mass is 263 g/mol. The Labute approximate surface area is 111 Å². The number of carbonyl (C=O) groups excluding carboxylic acids is 1. The maximum atomic E-state index is 12.1. The minimum absolute atomic E-state index is 0.283. The van der Waals surface area contributed by atoms with Crippen LogP contribution in [0.2, 0.25) is 0 Å². The zero-order valence-corrected chi connectivity index (χ0v) is 11.0. The molecule has 6 nitrogen and oxygen atoms in total. The molecule has 0 aromatic carbocycles. The van der Waals surface area contributed by atoms with Gasteiger partial charge in [-0.05, 0) is 19.8 Å². The maximum Gasteiger partial charge on any atom is 0.307 e. The van der Waals surface area contributed by atoms with Crippen molar-refractivity contribution in [3.8, 4) is 0 Å². The molecule has 1 amide bonds. The van der Waals surface area contributed by atoms with E-state index < -0.39 is 17.8 Å². The fourth-order valence-electron chi connectivity index (χ4n) is 2.22. The van der Waals surface area contributed by atoms with Gasteiger partial charge in [-0.25, -0.2) is 0 Å². The normalized spacial score (nSPS) is 22.2. The van der Waals surface area contributed by atoms with Crippen molar-refractivity contribution in [2.45, 2.75) is 19.8 Å². The van der Waals surface area contributed by atoms with E-state index in [9.17, 15) is 9.59 Å². The third-order valence-electron chi connectivity index (χ3n) is 3.45. The molecule has 0 aliphatic heterocycles. The molecule has 0 saturated carbocycles. The number of rotatable bonds is 3. The molecule has 0 fully saturated rings. The number of aryl methyl sites for hydroxylation is 2. The molecule has 1 aromatic heterocycles. The summed E-state index contributed by atoms with van der Waals surface area (Å²) in [5.41, 5.74) is 0.925. The van der Waals surface area contributed by atoms with Crippen LogP contribution >= 0.6 is 0 Å². The van der Waals surface area contributed by atoms with E-state index in [0.29, 0.717) is 18.7 Å². The van der Waals surface area contributed by atoms with Crippen LogP contribution in [0.4, 0.5) is 5.82 Å². The third kappa shape index (κ3) is 2.83. The minimum Gasteiger partial charge on any atom is -0.481 e. The number of aliphatic carboxylic acids is 1. The van der Waals surface area contributed by atoms with E-state index in [1.807, 2.05) is 19.1 Å². The van der Waals surface area contributed by atoms with Crippen LogP contribution in [0.1, 0.15) is 18.5 Å². The van der Waals surface area contributed by atoms with Crippen molar-refractivity contribution >= 4 is 17.7 Å². The van der Waals surface area contributed by atoms with E-state index in [1.165, 1.54) is 0 Å². The second kappa shape index (κ2) is 5.26. The number of aromatic nitrogens is 2. The van der Waals surface area contributed by atoms with Crippen LogP contribution in [0.15, 0.2) is 18.2 Å². The van der Waals surface area contributed by atoms with Crippen molar-refractivity contribution < 1.29 is 14.7 Å². The summed E-state index contributed by atoms with van der Waals surface area (Å²) in [4.78, 5) is 23.3. The number of nitrogens with zero attached hydrogens (tertiary/aromatic N) is 2. The molecule has 19 heavy (non-hydrogen) atoms. The molecule has 1 aliphatic carbocycles. The summed E-state index contributed by atoms with van der Waals surface area (Å²) in [5, 5.41) is 16.0. The highest BCUT2D eigenvalue weighted by Crippen LogP contribution is 2.27. The van der Waals surface area contributed by atoms with E-state index in [4.69, 9.17) is 5.11 Å². The lowest BCUT2D eigenvalue weighted by atomic mass is 9.82. The number of carbonyl (C=O) groups is 2. The van der Waals surface area contributed by atoms with Gasteiger partial charge in [0.05, 0.1) is 11.8 Å². The number of nitrogens with one attached hydrogen (secondary N) is 1. The standard InChI is InChI=1S/C13H17N3O3/c1-8-7-11(15-16(8)2)14-12(17)9-5-3-4-6-10(9)13(18)19/h3-4,7,9-10H,5-6H2,1-2H3,(H,18,19)(H,14,15,17).